The zero-order valence-electron chi connectivity index (χ0n) is 17.7. The van der Waals surface area contributed by atoms with Gasteiger partial charge in [-0.2, -0.15) is 5.10 Å². The van der Waals surface area contributed by atoms with Gasteiger partial charge in [0.1, 0.15) is 18.2 Å². The summed E-state index contributed by atoms with van der Waals surface area (Å²) < 4.78 is 20.4. The SMILES string of the molecule is Cc1cc(NC(=O)c2ccc(COc3ccc(F)cc3)cc2)nn1Cc1ccc(Cl)cc1Cl. The van der Waals surface area contributed by atoms with Crippen molar-refractivity contribution in [3.05, 3.63) is 111 Å². The van der Waals surface area contributed by atoms with Gasteiger partial charge in [-0.3, -0.25) is 9.48 Å². The number of benzene rings is 3. The first-order valence-corrected chi connectivity index (χ1v) is 10.9. The van der Waals surface area contributed by atoms with Crippen LogP contribution in [-0.4, -0.2) is 15.7 Å². The molecule has 5 nitrogen and oxygen atoms in total. The van der Waals surface area contributed by atoms with Crippen LogP contribution in [0.15, 0.2) is 72.8 Å². The second-order valence-electron chi connectivity index (χ2n) is 7.46. The van der Waals surface area contributed by atoms with E-state index < -0.39 is 0 Å². The molecule has 0 radical (unpaired) electrons. The smallest absolute Gasteiger partial charge is 0.256 e. The highest BCUT2D eigenvalue weighted by Gasteiger charge is 2.12. The Morgan fingerprint density at radius 2 is 1.76 bits per heavy atom. The maximum absolute atomic E-state index is 13.0. The van der Waals surface area contributed by atoms with E-state index in [1.165, 1.54) is 12.1 Å². The highest BCUT2D eigenvalue weighted by atomic mass is 35.5. The molecule has 168 valence electrons. The molecule has 0 saturated heterocycles. The number of rotatable bonds is 7. The van der Waals surface area contributed by atoms with Crippen molar-refractivity contribution < 1.29 is 13.9 Å². The minimum atomic E-state index is -0.313. The van der Waals surface area contributed by atoms with Gasteiger partial charge in [-0.15, -0.1) is 0 Å². The standard InChI is InChI=1S/C25H20Cl2FN3O2/c1-16-12-24(30-31(16)14-19-6-7-20(26)13-23(19)27)29-25(32)18-4-2-17(3-5-18)15-33-22-10-8-21(28)9-11-22/h2-13H,14-15H2,1H3,(H,29,30,32). The molecule has 0 aliphatic carbocycles. The quantitative estimate of drug-likeness (QED) is 0.325. The Kier molecular flexibility index (Phi) is 6.96. The molecule has 0 fully saturated rings. The fraction of sp³-hybridized carbons (Fsp3) is 0.120. The third kappa shape index (κ3) is 5.92. The van der Waals surface area contributed by atoms with Gasteiger partial charge in [0, 0.05) is 27.4 Å². The number of hydrogen-bond donors (Lipinski definition) is 1. The van der Waals surface area contributed by atoms with Crippen LogP contribution in [0.5, 0.6) is 5.75 Å². The third-order valence-electron chi connectivity index (χ3n) is 4.99. The molecule has 33 heavy (non-hydrogen) atoms. The molecular formula is C25H20Cl2FN3O2. The first kappa shape index (κ1) is 22.8. The van der Waals surface area contributed by atoms with E-state index in [1.807, 2.05) is 25.1 Å². The molecule has 1 heterocycles. The largest absolute Gasteiger partial charge is 0.489 e. The molecule has 0 unspecified atom stereocenters. The molecule has 4 aromatic rings. The van der Waals surface area contributed by atoms with Gasteiger partial charge in [-0.1, -0.05) is 41.4 Å². The van der Waals surface area contributed by atoms with Crippen LogP contribution in [0.25, 0.3) is 0 Å². The molecule has 0 atom stereocenters. The first-order valence-electron chi connectivity index (χ1n) is 10.1. The van der Waals surface area contributed by atoms with E-state index in [9.17, 15) is 9.18 Å². The number of ether oxygens (including phenoxy) is 1. The van der Waals surface area contributed by atoms with E-state index in [4.69, 9.17) is 27.9 Å². The highest BCUT2D eigenvalue weighted by molar-refractivity contribution is 6.35. The average Bonchev–Trinajstić information content (AvgIpc) is 3.14. The number of amides is 1. The van der Waals surface area contributed by atoms with E-state index in [-0.39, 0.29) is 11.7 Å². The maximum atomic E-state index is 13.0. The van der Waals surface area contributed by atoms with Crippen molar-refractivity contribution in [2.24, 2.45) is 0 Å². The van der Waals surface area contributed by atoms with Crippen LogP contribution < -0.4 is 10.1 Å². The summed E-state index contributed by atoms with van der Waals surface area (Å²) in [6.45, 7) is 2.67. The monoisotopic (exact) mass is 483 g/mol. The number of carbonyl (C=O) groups excluding carboxylic acids is 1. The van der Waals surface area contributed by atoms with Crippen LogP contribution in [0, 0.1) is 12.7 Å². The second kappa shape index (κ2) is 10.1. The molecular weight excluding hydrogens is 464 g/mol. The Morgan fingerprint density at radius 3 is 2.45 bits per heavy atom. The number of halogens is 3. The third-order valence-corrected chi connectivity index (χ3v) is 5.58. The summed E-state index contributed by atoms with van der Waals surface area (Å²) in [5, 5.41) is 8.42. The van der Waals surface area contributed by atoms with Gasteiger partial charge in [0.15, 0.2) is 5.82 Å². The average molecular weight is 484 g/mol. The highest BCUT2D eigenvalue weighted by Crippen LogP contribution is 2.23. The Bertz CT molecular complexity index is 1270. The van der Waals surface area contributed by atoms with E-state index in [1.54, 1.807) is 47.1 Å². The minimum absolute atomic E-state index is 0.268. The lowest BCUT2D eigenvalue weighted by molar-refractivity contribution is 0.102. The summed E-state index contributed by atoms with van der Waals surface area (Å²) in [5.41, 5.74) is 3.14. The van der Waals surface area contributed by atoms with Gasteiger partial charge < -0.3 is 10.1 Å². The zero-order valence-corrected chi connectivity index (χ0v) is 19.2. The summed E-state index contributed by atoms with van der Waals surface area (Å²) in [5.74, 6) is 0.442. The van der Waals surface area contributed by atoms with Crippen molar-refractivity contribution in [3.8, 4) is 5.75 Å². The van der Waals surface area contributed by atoms with Gasteiger partial charge in [0.2, 0.25) is 0 Å². The van der Waals surface area contributed by atoms with Crippen LogP contribution in [0.3, 0.4) is 0 Å². The van der Waals surface area contributed by atoms with Gasteiger partial charge >= 0.3 is 0 Å². The summed E-state index contributed by atoms with van der Waals surface area (Å²) in [6.07, 6.45) is 0. The predicted octanol–water partition coefficient (Wildman–Crippen LogP) is 6.52. The fourth-order valence-electron chi connectivity index (χ4n) is 3.18. The van der Waals surface area contributed by atoms with Gasteiger partial charge in [-0.05, 0) is 66.6 Å². The number of aromatic nitrogens is 2. The summed E-state index contributed by atoms with van der Waals surface area (Å²) in [7, 11) is 0. The fourth-order valence-corrected chi connectivity index (χ4v) is 3.65. The minimum Gasteiger partial charge on any atom is -0.489 e. The Hall–Kier alpha value is -3.35. The molecule has 0 spiro atoms. The molecule has 8 heteroatoms. The van der Waals surface area contributed by atoms with Crippen LogP contribution in [0.2, 0.25) is 10.0 Å². The number of carbonyl (C=O) groups is 1. The van der Waals surface area contributed by atoms with Crippen molar-refractivity contribution in [1.29, 1.82) is 0 Å². The molecule has 1 aromatic heterocycles. The van der Waals surface area contributed by atoms with Gasteiger partial charge in [0.25, 0.3) is 5.91 Å². The normalized spacial score (nSPS) is 10.8. The van der Waals surface area contributed by atoms with E-state index >= 15 is 0 Å². The maximum Gasteiger partial charge on any atom is 0.256 e. The number of nitrogens with zero attached hydrogens (tertiary/aromatic N) is 2. The number of nitrogens with one attached hydrogen (secondary N) is 1. The Labute approximate surface area is 200 Å². The van der Waals surface area contributed by atoms with Crippen LogP contribution in [-0.2, 0) is 13.2 Å². The Morgan fingerprint density at radius 1 is 1.03 bits per heavy atom. The molecule has 0 aliphatic heterocycles. The van der Waals surface area contributed by atoms with Gasteiger partial charge in [-0.25, -0.2) is 4.39 Å². The molecule has 0 saturated carbocycles. The Balaban J connectivity index is 1.37. The van der Waals surface area contributed by atoms with Crippen LogP contribution >= 0.6 is 23.2 Å². The molecule has 3 aromatic carbocycles. The molecule has 1 N–H and O–H groups in total. The number of anilines is 1. The summed E-state index contributed by atoms with van der Waals surface area (Å²) in [4.78, 5) is 12.6. The lowest BCUT2D eigenvalue weighted by atomic mass is 10.1. The summed E-state index contributed by atoms with van der Waals surface area (Å²) >= 11 is 12.2. The predicted molar refractivity (Wildman–Crippen MR) is 128 cm³/mol. The first-order chi connectivity index (χ1) is 15.9. The number of aryl methyl sites for hydroxylation is 1. The molecule has 1 amide bonds. The van der Waals surface area contributed by atoms with Crippen molar-refractivity contribution in [2.75, 3.05) is 5.32 Å². The second-order valence-corrected chi connectivity index (χ2v) is 8.30. The van der Waals surface area contributed by atoms with E-state index in [2.05, 4.69) is 10.4 Å². The van der Waals surface area contributed by atoms with E-state index in [0.717, 1.165) is 16.8 Å². The van der Waals surface area contributed by atoms with E-state index in [0.29, 0.717) is 40.3 Å². The van der Waals surface area contributed by atoms with Crippen molar-refractivity contribution in [2.45, 2.75) is 20.1 Å². The summed E-state index contributed by atoms with van der Waals surface area (Å²) in [6, 6.07) is 20.0. The molecule has 0 aliphatic rings. The topological polar surface area (TPSA) is 56.1 Å². The zero-order chi connectivity index (χ0) is 23.4. The van der Waals surface area contributed by atoms with Gasteiger partial charge in [0.05, 0.1) is 6.54 Å². The van der Waals surface area contributed by atoms with Crippen LogP contribution in [0.1, 0.15) is 27.2 Å². The molecule has 4 rings (SSSR count). The van der Waals surface area contributed by atoms with Crippen LogP contribution in [0.4, 0.5) is 10.2 Å². The molecule has 0 bridgehead atoms. The lowest BCUT2D eigenvalue weighted by Gasteiger charge is -2.08. The number of hydrogen-bond acceptors (Lipinski definition) is 3. The van der Waals surface area contributed by atoms with Crippen molar-refractivity contribution >= 4 is 34.9 Å². The van der Waals surface area contributed by atoms with Crippen molar-refractivity contribution in [3.63, 3.8) is 0 Å². The lowest BCUT2D eigenvalue weighted by Crippen LogP contribution is -2.13. The van der Waals surface area contributed by atoms with Crippen molar-refractivity contribution in [1.82, 2.24) is 9.78 Å².